The van der Waals surface area contributed by atoms with E-state index in [-0.39, 0.29) is 0 Å². The predicted octanol–water partition coefficient (Wildman–Crippen LogP) is 4.43. The number of benzene rings is 1. The normalized spacial score (nSPS) is 11.2. The standard InChI is InChI=1S/C18H15F3N4O/c1-25-10-14(15(11-25)18(19,20)21)17(26)24-13-7-8-16(22-9-13)23-12-5-3-2-4-6-12/h2-11H,1H3,(H,22,23)(H,24,26). The lowest BCUT2D eigenvalue weighted by molar-refractivity contribution is -0.137. The Morgan fingerprint density at radius 3 is 2.38 bits per heavy atom. The second-order valence-corrected chi connectivity index (χ2v) is 5.63. The first-order valence-electron chi connectivity index (χ1n) is 7.65. The first kappa shape index (κ1) is 17.5. The fourth-order valence-corrected chi connectivity index (χ4v) is 2.40. The van der Waals surface area contributed by atoms with Crippen molar-refractivity contribution in [3.63, 3.8) is 0 Å². The van der Waals surface area contributed by atoms with E-state index in [0.717, 1.165) is 18.1 Å². The summed E-state index contributed by atoms with van der Waals surface area (Å²) in [6.07, 6.45) is -1.22. The van der Waals surface area contributed by atoms with Crippen molar-refractivity contribution < 1.29 is 18.0 Å². The van der Waals surface area contributed by atoms with Gasteiger partial charge in [-0.25, -0.2) is 4.98 Å². The summed E-state index contributed by atoms with van der Waals surface area (Å²) in [6.45, 7) is 0. The lowest BCUT2D eigenvalue weighted by Gasteiger charge is -2.09. The van der Waals surface area contributed by atoms with Gasteiger partial charge in [-0.2, -0.15) is 13.2 Å². The van der Waals surface area contributed by atoms with E-state index in [2.05, 4.69) is 15.6 Å². The zero-order chi connectivity index (χ0) is 18.7. The number of carbonyl (C=O) groups excluding carboxylic acids is 1. The van der Waals surface area contributed by atoms with Gasteiger partial charge in [-0.15, -0.1) is 0 Å². The van der Waals surface area contributed by atoms with Crippen molar-refractivity contribution in [1.29, 1.82) is 0 Å². The Bertz CT molecular complexity index is 902. The molecule has 134 valence electrons. The van der Waals surface area contributed by atoms with E-state index in [1.807, 2.05) is 30.3 Å². The number of hydrogen-bond donors (Lipinski definition) is 2. The topological polar surface area (TPSA) is 59.0 Å². The zero-order valence-electron chi connectivity index (χ0n) is 13.7. The molecule has 0 aliphatic heterocycles. The highest BCUT2D eigenvalue weighted by Gasteiger charge is 2.36. The Morgan fingerprint density at radius 1 is 1.04 bits per heavy atom. The minimum absolute atomic E-state index is 0.297. The van der Waals surface area contributed by atoms with Crippen LogP contribution in [0.25, 0.3) is 0 Å². The Labute approximate surface area is 147 Å². The number of amides is 1. The molecular formula is C18H15F3N4O. The molecule has 1 aromatic carbocycles. The van der Waals surface area contributed by atoms with Crippen molar-refractivity contribution in [3.05, 3.63) is 72.2 Å². The molecule has 0 atom stereocenters. The van der Waals surface area contributed by atoms with Crippen molar-refractivity contribution in [2.45, 2.75) is 6.18 Å². The van der Waals surface area contributed by atoms with Crippen molar-refractivity contribution in [3.8, 4) is 0 Å². The van der Waals surface area contributed by atoms with Gasteiger partial charge < -0.3 is 15.2 Å². The molecular weight excluding hydrogens is 345 g/mol. The van der Waals surface area contributed by atoms with Crippen LogP contribution in [0.3, 0.4) is 0 Å². The van der Waals surface area contributed by atoms with Gasteiger partial charge in [0, 0.05) is 25.1 Å². The molecule has 3 aromatic rings. The number of halogens is 3. The molecule has 5 nitrogen and oxygen atoms in total. The summed E-state index contributed by atoms with van der Waals surface area (Å²) in [5.74, 6) is -0.298. The van der Waals surface area contributed by atoms with Crippen LogP contribution in [0, 0.1) is 0 Å². The molecule has 0 saturated carbocycles. The molecule has 0 radical (unpaired) electrons. The van der Waals surface area contributed by atoms with Gasteiger partial charge in [0.05, 0.1) is 23.0 Å². The third kappa shape index (κ3) is 4.02. The molecule has 2 heterocycles. The van der Waals surface area contributed by atoms with Crippen molar-refractivity contribution in [2.75, 3.05) is 10.6 Å². The van der Waals surface area contributed by atoms with Crippen molar-refractivity contribution in [1.82, 2.24) is 9.55 Å². The number of nitrogens with one attached hydrogen (secondary N) is 2. The summed E-state index contributed by atoms with van der Waals surface area (Å²) in [7, 11) is 1.43. The maximum atomic E-state index is 13.0. The number of carbonyl (C=O) groups is 1. The van der Waals surface area contributed by atoms with E-state index in [9.17, 15) is 18.0 Å². The lowest BCUT2D eigenvalue weighted by Crippen LogP contribution is -2.17. The fourth-order valence-electron chi connectivity index (χ4n) is 2.40. The number of hydrogen-bond acceptors (Lipinski definition) is 3. The Morgan fingerprint density at radius 2 is 1.77 bits per heavy atom. The quantitative estimate of drug-likeness (QED) is 0.723. The molecule has 3 rings (SSSR count). The minimum atomic E-state index is -4.60. The maximum absolute atomic E-state index is 13.0. The fraction of sp³-hybridized carbons (Fsp3) is 0.111. The van der Waals surface area contributed by atoms with Gasteiger partial charge in [0.25, 0.3) is 5.91 Å². The van der Waals surface area contributed by atoms with Gasteiger partial charge in [-0.05, 0) is 24.3 Å². The number of aryl methyl sites for hydroxylation is 1. The number of aromatic nitrogens is 2. The van der Waals surface area contributed by atoms with E-state index in [1.165, 1.54) is 17.8 Å². The Balaban J connectivity index is 1.73. The predicted molar refractivity (Wildman–Crippen MR) is 92.3 cm³/mol. The molecule has 0 fully saturated rings. The molecule has 1 amide bonds. The first-order chi connectivity index (χ1) is 12.3. The van der Waals surface area contributed by atoms with Crippen LogP contribution in [0.4, 0.5) is 30.4 Å². The second-order valence-electron chi connectivity index (χ2n) is 5.63. The van der Waals surface area contributed by atoms with Crippen LogP contribution >= 0.6 is 0 Å². The summed E-state index contributed by atoms with van der Waals surface area (Å²) in [4.78, 5) is 16.3. The second kappa shape index (κ2) is 6.91. The molecule has 0 spiro atoms. The summed E-state index contributed by atoms with van der Waals surface area (Å²) >= 11 is 0. The Kier molecular flexibility index (Phi) is 4.66. The molecule has 26 heavy (non-hydrogen) atoms. The number of para-hydroxylation sites is 1. The third-order valence-electron chi connectivity index (χ3n) is 3.57. The van der Waals surface area contributed by atoms with E-state index < -0.39 is 23.2 Å². The molecule has 0 unspecified atom stereocenters. The molecule has 8 heteroatoms. The van der Waals surface area contributed by atoms with Crippen molar-refractivity contribution >= 4 is 23.1 Å². The molecule has 0 aliphatic carbocycles. The molecule has 0 aliphatic rings. The molecule has 2 N–H and O–H groups in total. The summed E-state index contributed by atoms with van der Waals surface area (Å²) < 4.78 is 40.2. The van der Waals surface area contributed by atoms with Crippen molar-refractivity contribution in [2.24, 2.45) is 7.05 Å². The van der Waals surface area contributed by atoms with Gasteiger partial charge in [0.1, 0.15) is 5.82 Å². The maximum Gasteiger partial charge on any atom is 0.418 e. The first-order valence-corrected chi connectivity index (χ1v) is 7.65. The van der Waals surface area contributed by atoms with Crippen LogP contribution in [-0.2, 0) is 13.2 Å². The van der Waals surface area contributed by atoms with Gasteiger partial charge in [-0.3, -0.25) is 4.79 Å². The van der Waals surface area contributed by atoms with Gasteiger partial charge in [0.15, 0.2) is 0 Å². The highest BCUT2D eigenvalue weighted by atomic mass is 19.4. The SMILES string of the molecule is Cn1cc(C(=O)Nc2ccc(Nc3ccccc3)nc2)c(C(F)(F)F)c1. The van der Waals surface area contributed by atoms with Crippen LogP contribution in [0.5, 0.6) is 0 Å². The molecule has 0 saturated heterocycles. The lowest BCUT2D eigenvalue weighted by atomic mass is 10.2. The van der Waals surface area contributed by atoms with Gasteiger partial charge >= 0.3 is 6.18 Å². The van der Waals surface area contributed by atoms with E-state index >= 15 is 0 Å². The van der Waals surface area contributed by atoms with Crippen LogP contribution in [-0.4, -0.2) is 15.5 Å². The minimum Gasteiger partial charge on any atom is -0.356 e. The number of nitrogens with zero attached hydrogens (tertiary/aromatic N) is 2. The number of anilines is 3. The van der Waals surface area contributed by atoms with Crippen LogP contribution in [0.15, 0.2) is 61.1 Å². The zero-order valence-corrected chi connectivity index (χ0v) is 13.7. The molecule has 2 aromatic heterocycles. The Hall–Kier alpha value is -3.29. The number of pyridine rings is 1. The van der Waals surface area contributed by atoms with E-state index in [0.29, 0.717) is 11.5 Å². The molecule has 0 bridgehead atoms. The monoisotopic (exact) mass is 360 g/mol. The van der Waals surface area contributed by atoms with Gasteiger partial charge in [0.2, 0.25) is 0 Å². The van der Waals surface area contributed by atoms with Crippen LogP contribution in [0.1, 0.15) is 15.9 Å². The van der Waals surface area contributed by atoms with E-state index in [1.54, 1.807) is 12.1 Å². The smallest absolute Gasteiger partial charge is 0.356 e. The average Bonchev–Trinajstić information content (AvgIpc) is 3.00. The largest absolute Gasteiger partial charge is 0.418 e. The highest BCUT2D eigenvalue weighted by molar-refractivity contribution is 6.05. The average molecular weight is 360 g/mol. The summed E-state index contributed by atoms with van der Waals surface area (Å²) in [6, 6.07) is 12.5. The highest BCUT2D eigenvalue weighted by Crippen LogP contribution is 2.32. The third-order valence-corrected chi connectivity index (χ3v) is 3.57. The van der Waals surface area contributed by atoms with Crippen LogP contribution < -0.4 is 10.6 Å². The summed E-state index contributed by atoms with van der Waals surface area (Å²) in [5, 5.41) is 5.51. The number of alkyl halides is 3. The van der Waals surface area contributed by atoms with Crippen LogP contribution in [0.2, 0.25) is 0 Å². The van der Waals surface area contributed by atoms with E-state index in [4.69, 9.17) is 0 Å². The van der Waals surface area contributed by atoms with Gasteiger partial charge in [-0.1, -0.05) is 18.2 Å². The summed E-state index contributed by atoms with van der Waals surface area (Å²) in [5.41, 5.74) is -0.277. The number of rotatable bonds is 4.